The number of nitrogens with two attached hydrogens (primary N) is 1. The van der Waals surface area contributed by atoms with Crippen molar-refractivity contribution in [2.24, 2.45) is 5.73 Å². The van der Waals surface area contributed by atoms with E-state index in [1.807, 2.05) is 19.1 Å². The third kappa shape index (κ3) is 4.33. The molecule has 0 bridgehead atoms. The molecule has 5 nitrogen and oxygen atoms in total. The number of halogens is 1. The summed E-state index contributed by atoms with van der Waals surface area (Å²) in [6.45, 7) is 1.81. The third-order valence-electron chi connectivity index (χ3n) is 2.95. The van der Waals surface area contributed by atoms with Crippen LogP contribution in [0.2, 0.25) is 0 Å². The molecule has 2 amide bonds. The number of hydrogen-bond donors (Lipinski definition) is 2. The van der Waals surface area contributed by atoms with Gasteiger partial charge in [-0.15, -0.1) is 0 Å². The average Bonchev–Trinajstić information content (AvgIpc) is 2.47. The summed E-state index contributed by atoms with van der Waals surface area (Å²) < 4.78 is 6.44. The van der Waals surface area contributed by atoms with Crippen LogP contribution in [-0.4, -0.2) is 18.4 Å². The molecule has 2 rings (SSSR count). The van der Waals surface area contributed by atoms with E-state index in [0.717, 1.165) is 10.0 Å². The topological polar surface area (TPSA) is 81.4 Å². The minimum absolute atomic E-state index is 0.0972. The van der Waals surface area contributed by atoms with Crippen LogP contribution in [-0.2, 0) is 4.79 Å². The Bertz CT molecular complexity index is 699. The van der Waals surface area contributed by atoms with Crippen LogP contribution in [0.5, 0.6) is 5.75 Å². The number of benzene rings is 2. The van der Waals surface area contributed by atoms with Gasteiger partial charge in [-0.2, -0.15) is 0 Å². The zero-order chi connectivity index (χ0) is 16.1. The van der Waals surface area contributed by atoms with Gasteiger partial charge < -0.3 is 15.8 Å². The molecule has 0 saturated carbocycles. The molecule has 0 radical (unpaired) electrons. The number of carbonyl (C=O) groups excluding carboxylic acids is 2. The number of aryl methyl sites for hydroxylation is 1. The first kappa shape index (κ1) is 16.0. The number of rotatable bonds is 5. The highest BCUT2D eigenvalue weighted by Crippen LogP contribution is 2.22. The summed E-state index contributed by atoms with van der Waals surface area (Å²) in [7, 11) is 0. The van der Waals surface area contributed by atoms with Gasteiger partial charge in [-0.05, 0) is 55.0 Å². The molecule has 0 aliphatic carbocycles. The molecule has 0 heterocycles. The minimum atomic E-state index is -0.507. The second-order valence-electron chi connectivity index (χ2n) is 4.69. The summed E-state index contributed by atoms with van der Waals surface area (Å²) in [6, 6.07) is 11.9. The van der Waals surface area contributed by atoms with E-state index >= 15 is 0 Å². The van der Waals surface area contributed by atoms with Gasteiger partial charge in [-0.25, -0.2) is 0 Å². The summed E-state index contributed by atoms with van der Waals surface area (Å²) >= 11 is 3.37. The molecule has 0 atom stereocenters. The van der Waals surface area contributed by atoms with Crippen molar-refractivity contribution in [3.05, 3.63) is 58.1 Å². The van der Waals surface area contributed by atoms with Crippen LogP contribution < -0.4 is 15.8 Å². The van der Waals surface area contributed by atoms with Crippen molar-refractivity contribution in [3.8, 4) is 5.75 Å². The Morgan fingerprint density at radius 1 is 1.18 bits per heavy atom. The van der Waals surface area contributed by atoms with Gasteiger partial charge in [0.2, 0.25) is 5.91 Å². The molecule has 0 fully saturated rings. The molecule has 0 spiro atoms. The fourth-order valence-corrected chi connectivity index (χ4v) is 2.31. The summed E-state index contributed by atoms with van der Waals surface area (Å²) in [5, 5.41) is 2.68. The zero-order valence-electron chi connectivity index (χ0n) is 11.9. The Labute approximate surface area is 136 Å². The average molecular weight is 363 g/mol. The number of anilines is 1. The van der Waals surface area contributed by atoms with Gasteiger partial charge in [0.1, 0.15) is 5.75 Å². The molecule has 0 aliphatic rings. The first-order chi connectivity index (χ1) is 10.5. The zero-order valence-corrected chi connectivity index (χ0v) is 13.5. The summed E-state index contributed by atoms with van der Waals surface area (Å²) in [5.41, 5.74) is 7.05. The molecule has 3 N–H and O–H groups in total. The van der Waals surface area contributed by atoms with Crippen molar-refractivity contribution in [1.29, 1.82) is 0 Å². The summed E-state index contributed by atoms with van der Waals surface area (Å²) in [5.74, 6) is -0.136. The molecule has 22 heavy (non-hydrogen) atoms. The molecular formula is C16H15BrN2O3. The molecule has 2 aromatic rings. The van der Waals surface area contributed by atoms with Crippen LogP contribution in [0, 0.1) is 6.92 Å². The van der Waals surface area contributed by atoms with Crippen LogP contribution in [0.1, 0.15) is 15.9 Å². The van der Waals surface area contributed by atoms with E-state index < -0.39 is 5.91 Å². The standard InChI is InChI=1S/C16H15BrN2O3/c1-10-8-12(17)4-7-14(10)22-9-15(20)19-13-5-2-11(3-6-13)16(18)21/h2-8H,9H2,1H3,(H2,18,21)(H,19,20). The lowest BCUT2D eigenvalue weighted by Gasteiger charge is -2.10. The molecule has 0 aliphatic heterocycles. The lowest BCUT2D eigenvalue weighted by molar-refractivity contribution is -0.118. The number of nitrogens with one attached hydrogen (secondary N) is 1. The normalized spacial score (nSPS) is 10.1. The van der Waals surface area contributed by atoms with E-state index in [0.29, 0.717) is 17.0 Å². The highest BCUT2D eigenvalue weighted by molar-refractivity contribution is 9.10. The maximum absolute atomic E-state index is 11.8. The minimum Gasteiger partial charge on any atom is -0.483 e. The van der Waals surface area contributed by atoms with E-state index in [1.165, 1.54) is 0 Å². The Balaban J connectivity index is 1.91. The van der Waals surface area contributed by atoms with Crippen molar-refractivity contribution >= 4 is 33.4 Å². The quantitative estimate of drug-likeness (QED) is 0.857. The van der Waals surface area contributed by atoms with Crippen LogP contribution in [0.15, 0.2) is 46.9 Å². The van der Waals surface area contributed by atoms with Gasteiger partial charge in [0.05, 0.1) is 0 Å². The molecule has 2 aromatic carbocycles. The van der Waals surface area contributed by atoms with Crippen molar-refractivity contribution in [2.75, 3.05) is 11.9 Å². The van der Waals surface area contributed by atoms with Gasteiger partial charge in [0.25, 0.3) is 5.91 Å². The van der Waals surface area contributed by atoms with Gasteiger partial charge in [-0.3, -0.25) is 9.59 Å². The number of carbonyl (C=O) groups is 2. The number of primary amides is 1. The molecule has 0 saturated heterocycles. The lowest BCUT2D eigenvalue weighted by atomic mass is 10.2. The van der Waals surface area contributed by atoms with Crippen molar-refractivity contribution in [2.45, 2.75) is 6.92 Å². The molecular weight excluding hydrogens is 348 g/mol. The van der Waals surface area contributed by atoms with Crippen molar-refractivity contribution < 1.29 is 14.3 Å². The monoisotopic (exact) mass is 362 g/mol. The van der Waals surface area contributed by atoms with Crippen LogP contribution in [0.25, 0.3) is 0 Å². The second kappa shape index (κ2) is 7.09. The molecule has 114 valence electrons. The second-order valence-corrected chi connectivity index (χ2v) is 5.60. The first-order valence-corrected chi connectivity index (χ1v) is 7.33. The van der Waals surface area contributed by atoms with Crippen molar-refractivity contribution in [1.82, 2.24) is 0 Å². The number of ether oxygens (including phenoxy) is 1. The van der Waals surface area contributed by atoms with Crippen molar-refractivity contribution in [3.63, 3.8) is 0 Å². The Hall–Kier alpha value is -2.34. The first-order valence-electron chi connectivity index (χ1n) is 6.54. The Morgan fingerprint density at radius 3 is 2.45 bits per heavy atom. The van der Waals surface area contributed by atoms with E-state index in [2.05, 4.69) is 21.2 Å². The predicted molar refractivity (Wildman–Crippen MR) is 88.0 cm³/mol. The fourth-order valence-electron chi connectivity index (χ4n) is 1.83. The Kier molecular flexibility index (Phi) is 5.16. The fraction of sp³-hybridized carbons (Fsp3) is 0.125. The lowest BCUT2D eigenvalue weighted by Crippen LogP contribution is -2.20. The summed E-state index contributed by atoms with van der Waals surface area (Å²) in [6.07, 6.45) is 0. The van der Waals surface area contributed by atoms with E-state index in [1.54, 1.807) is 30.3 Å². The molecule has 6 heteroatoms. The maximum Gasteiger partial charge on any atom is 0.262 e. The third-order valence-corrected chi connectivity index (χ3v) is 3.44. The molecule has 0 unspecified atom stereocenters. The van der Waals surface area contributed by atoms with Gasteiger partial charge in [0.15, 0.2) is 6.61 Å². The molecule has 0 aromatic heterocycles. The predicted octanol–water partition coefficient (Wildman–Crippen LogP) is 2.87. The van der Waals surface area contributed by atoms with E-state index in [4.69, 9.17) is 10.5 Å². The highest BCUT2D eigenvalue weighted by Gasteiger charge is 2.07. The van der Waals surface area contributed by atoms with Crippen LogP contribution in [0.4, 0.5) is 5.69 Å². The number of amides is 2. The number of hydrogen-bond acceptors (Lipinski definition) is 3. The smallest absolute Gasteiger partial charge is 0.262 e. The van der Waals surface area contributed by atoms with Gasteiger partial charge in [0, 0.05) is 15.7 Å². The Morgan fingerprint density at radius 2 is 1.86 bits per heavy atom. The van der Waals surface area contributed by atoms with E-state index in [9.17, 15) is 9.59 Å². The maximum atomic E-state index is 11.8. The van der Waals surface area contributed by atoms with Gasteiger partial charge in [-0.1, -0.05) is 15.9 Å². The SMILES string of the molecule is Cc1cc(Br)ccc1OCC(=O)Nc1ccc(C(N)=O)cc1. The summed E-state index contributed by atoms with van der Waals surface area (Å²) in [4.78, 5) is 22.8. The van der Waals surface area contributed by atoms with Crippen LogP contribution >= 0.6 is 15.9 Å². The van der Waals surface area contributed by atoms with Crippen LogP contribution in [0.3, 0.4) is 0 Å². The largest absolute Gasteiger partial charge is 0.483 e. The van der Waals surface area contributed by atoms with E-state index in [-0.39, 0.29) is 12.5 Å². The van der Waals surface area contributed by atoms with Gasteiger partial charge >= 0.3 is 0 Å². The highest BCUT2D eigenvalue weighted by atomic mass is 79.9.